The lowest BCUT2D eigenvalue weighted by atomic mass is 9.62. The van der Waals surface area contributed by atoms with E-state index in [2.05, 4.69) is 6.92 Å². The Balaban J connectivity index is 2.36. The van der Waals surface area contributed by atoms with Crippen molar-refractivity contribution in [2.75, 3.05) is 7.11 Å². The number of rotatable bonds is 9. The van der Waals surface area contributed by atoms with E-state index in [4.69, 9.17) is 4.74 Å². The van der Waals surface area contributed by atoms with E-state index >= 15 is 0 Å². The summed E-state index contributed by atoms with van der Waals surface area (Å²) in [6.45, 7) is 2.09. The summed E-state index contributed by atoms with van der Waals surface area (Å²) in [6.07, 6.45) is 1.58. The zero-order valence-corrected chi connectivity index (χ0v) is 17.2. The molecule has 3 aromatic rings. The minimum atomic E-state index is -2.18. The maximum absolute atomic E-state index is 11.9. The first-order valence-corrected chi connectivity index (χ1v) is 10.2. The highest BCUT2D eigenvalue weighted by molar-refractivity contribution is 5.53. The number of unbranched alkanes of at least 4 members (excludes halogenated alkanes) is 1. The molecule has 29 heavy (non-hydrogen) atoms. The van der Waals surface area contributed by atoms with Crippen LogP contribution in [-0.2, 0) is 10.2 Å². The topological polar surface area (TPSA) is 49.7 Å². The molecule has 0 saturated carbocycles. The smallest absolute Gasteiger partial charge is 0.208 e. The van der Waals surface area contributed by atoms with Gasteiger partial charge in [-0.25, -0.2) is 0 Å². The third kappa shape index (κ3) is 3.86. The summed E-state index contributed by atoms with van der Waals surface area (Å²) < 4.78 is 5.69. The molecule has 0 radical (unpaired) electrons. The van der Waals surface area contributed by atoms with Crippen molar-refractivity contribution in [3.63, 3.8) is 0 Å². The number of ether oxygens (including phenoxy) is 1. The van der Waals surface area contributed by atoms with E-state index in [0.717, 1.165) is 29.5 Å². The lowest BCUT2D eigenvalue weighted by Crippen LogP contribution is -2.60. The molecule has 1 unspecified atom stereocenters. The lowest BCUT2D eigenvalue weighted by Gasteiger charge is -2.48. The molecule has 3 rings (SSSR count). The molecule has 0 aliphatic carbocycles. The fourth-order valence-corrected chi connectivity index (χ4v) is 4.32. The third-order valence-corrected chi connectivity index (χ3v) is 5.73. The minimum Gasteiger partial charge on any atom is -0.376 e. The first-order valence-electron chi connectivity index (χ1n) is 10.2. The Bertz CT molecular complexity index is 764. The van der Waals surface area contributed by atoms with Crippen LogP contribution in [0.3, 0.4) is 0 Å². The molecule has 0 saturated heterocycles. The number of benzene rings is 3. The van der Waals surface area contributed by atoms with Crippen molar-refractivity contribution in [3.8, 4) is 0 Å². The van der Waals surface area contributed by atoms with Crippen molar-refractivity contribution >= 4 is 0 Å². The van der Waals surface area contributed by atoms with Gasteiger partial charge in [0.2, 0.25) is 5.79 Å². The zero-order valence-electron chi connectivity index (χ0n) is 17.2. The number of hydrogen-bond donors (Lipinski definition) is 2. The van der Waals surface area contributed by atoms with Crippen LogP contribution in [0.15, 0.2) is 91.0 Å². The molecular weight excluding hydrogens is 360 g/mol. The molecule has 2 N–H and O–H groups in total. The summed E-state index contributed by atoms with van der Waals surface area (Å²) >= 11 is 0. The summed E-state index contributed by atoms with van der Waals surface area (Å²) in [5, 5.41) is 23.8. The highest BCUT2D eigenvalue weighted by Gasteiger charge is 2.57. The van der Waals surface area contributed by atoms with Gasteiger partial charge in [-0.1, -0.05) is 111 Å². The monoisotopic (exact) mass is 390 g/mol. The molecule has 0 aliphatic rings. The standard InChI is InChI=1S/C26H30O3/c1-3-4-20-24(29-2)26(27,28)25(21-14-8-5-9-15-21,22-16-10-6-11-17-22)23-18-12-7-13-19-23/h5-19,24,27-28H,3-4,20H2,1-2H3. The lowest BCUT2D eigenvalue weighted by molar-refractivity contribution is -0.259. The first kappa shape index (κ1) is 21.3. The maximum Gasteiger partial charge on any atom is 0.208 e. The van der Waals surface area contributed by atoms with E-state index < -0.39 is 17.3 Å². The number of aliphatic hydroxyl groups is 2. The second kappa shape index (κ2) is 9.36. The fraction of sp³-hybridized carbons (Fsp3) is 0.308. The quantitative estimate of drug-likeness (QED) is 0.403. The highest BCUT2D eigenvalue weighted by atomic mass is 16.6. The largest absolute Gasteiger partial charge is 0.376 e. The number of hydrogen-bond acceptors (Lipinski definition) is 3. The van der Waals surface area contributed by atoms with E-state index in [-0.39, 0.29) is 0 Å². The molecule has 0 amide bonds. The summed E-state index contributed by atoms with van der Waals surface area (Å²) in [5.74, 6) is -2.18. The Morgan fingerprint density at radius 1 is 0.724 bits per heavy atom. The molecule has 3 aromatic carbocycles. The predicted octanol–water partition coefficient (Wildman–Crippen LogP) is 4.91. The van der Waals surface area contributed by atoms with Gasteiger partial charge in [0.25, 0.3) is 0 Å². The van der Waals surface area contributed by atoms with Crippen LogP contribution in [0.2, 0.25) is 0 Å². The Hall–Kier alpha value is -2.46. The molecule has 0 spiro atoms. The molecule has 1 atom stereocenters. The van der Waals surface area contributed by atoms with Crippen LogP contribution in [0.25, 0.3) is 0 Å². The zero-order chi connectivity index (χ0) is 20.7. The SMILES string of the molecule is CCCCC(OC)C(O)(O)C(c1ccccc1)(c1ccccc1)c1ccccc1. The number of methoxy groups -OCH3 is 1. The molecule has 152 valence electrons. The van der Waals surface area contributed by atoms with Crippen LogP contribution < -0.4 is 0 Å². The summed E-state index contributed by atoms with van der Waals surface area (Å²) in [5.41, 5.74) is 1.20. The van der Waals surface area contributed by atoms with Crippen LogP contribution in [-0.4, -0.2) is 29.2 Å². The Labute approximate surface area is 173 Å². The molecular formula is C26H30O3. The van der Waals surface area contributed by atoms with Crippen molar-refractivity contribution in [2.45, 2.75) is 43.5 Å². The molecule has 3 heteroatoms. The highest BCUT2D eigenvalue weighted by Crippen LogP contribution is 2.48. The van der Waals surface area contributed by atoms with Crippen LogP contribution in [0.1, 0.15) is 42.9 Å². The molecule has 3 nitrogen and oxygen atoms in total. The average molecular weight is 391 g/mol. The van der Waals surface area contributed by atoms with Gasteiger partial charge in [-0.05, 0) is 23.1 Å². The molecule has 0 heterocycles. The van der Waals surface area contributed by atoms with Crippen LogP contribution in [0.5, 0.6) is 0 Å². The van der Waals surface area contributed by atoms with Gasteiger partial charge in [0.15, 0.2) is 0 Å². The molecule has 0 bridgehead atoms. The molecule has 0 fully saturated rings. The van der Waals surface area contributed by atoms with E-state index in [1.54, 1.807) is 7.11 Å². The Morgan fingerprint density at radius 3 is 1.41 bits per heavy atom. The van der Waals surface area contributed by atoms with E-state index in [1.165, 1.54) is 0 Å². The molecule has 0 aliphatic heterocycles. The minimum absolute atomic E-state index is 0.550. The van der Waals surface area contributed by atoms with Gasteiger partial charge < -0.3 is 14.9 Å². The maximum atomic E-state index is 11.9. The van der Waals surface area contributed by atoms with Gasteiger partial charge in [-0.2, -0.15) is 0 Å². The van der Waals surface area contributed by atoms with Gasteiger partial charge in [0.05, 0.1) is 0 Å². The summed E-state index contributed by atoms with van der Waals surface area (Å²) in [7, 11) is 1.55. The normalized spacial score (nSPS) is 13.2. The summed E-state index contributed by atoms with van der Waals surface area (Å²) in [4.78, 5) is 0. The van der Waals surface area contributed by atoms with E-state index in [1.807, 2.05) is 91.0 Å². The van der Waals surface area contributed by atoms with Gasteiger partial charge in [-0.15, -0.1) is 0 Å². The Morgan fingerprint density at radius 2 is 1.10 bits per heavy atom. The third-order valence-electron chi connectivity index (χ3n) is 5.73. The van der Waals surface area contributed by atoms with Crippen molar-refractivity contribution in [3.05, 3.63) is 108 Å². The van der Waals surface area contributed by atoms with Crippen molar-refractivity contribution in [2.24, 2.45) is 0 Å². The Kier molecular flexibility index (Phi) is 6.86. The average Bonchev–Trinajstić information content (AvgIpc) is 2.77. The van der Waals surface area contributed by atoms with Gasteiger partial charge >= 0.3 is 0 Å². The van der Waals surface area contributed by atoms with Gasteiger partial charge in [0.1, 0.15) is 11.5 Å². The van der Waals surface area contributed by atoms with Gasteiger partial charge in [-0.3, -0.25) is 0 Å². The van der Waals surface area contributed by atoms with Crippen molar-refractivity contribution < 1.29 is 14.9 Å². The van der Waals surface area contributed by atoms with E-state index in [9.17, 15) is 10.2 Å². The van der Waals surface area contributed by atoms with Crippen molar-refractivity contribution in [1.82, 2.24) is 0 Å². The van der Waals surface area contributed by atoms with E-state index in [0.29, 0.717) is 6.42 Å². The summed E-state index contributed by atoms with van der Waals surface area (Å²) in [6, 6.07) is 29.1. The van der Waals surface area contributed by atoms with Crippen LogP contribution >= 0.6 is 0 Å². The van der Waals surface area contributed by atoms with Crippen molar-refractivity contribution in [1.29, 1.82) is 0 Å². The predicted molar refractivity (Wildman–Crippen MR) is 117 cm³/mol. The second-order valence-corrected chi connectivity index (χ2v) is 7.44. The van der Waals surface area contributed by atoms with Crippen LogP contribution in [0, 0.1) is 0 Å². The molecule has 0 aromatic heterocycles. The van der Waals surface area contributed by atoms with Gasteiger partial charge in [0, 0.05) is 7.11 Å². The fourth-order valence-electron chi connectivity index (χ4n) is 4.32. The van der Waals surface area contributed by atoms with Crippen LogP contribution in [0.4, 0.5) is 0 Å². The first-order chi connectivity index (χ1) is 14.1. The second-order valence-electron chi connectivity index (χ2n) is 7.44.